The number of hydrogen-bond acceptors (Lipinski definition) is 6. The smallest absolute Gasteiger partial charge is 0.209 e. The lowest BCUT2D eigenvalue weighted by Gasteiger charge is -2.08. The van der Waals surface area contributed by atoms with Crippen molar-refractivity contribution in [3.63, 3.8) is 0 Å². The van der Waals surface area contributed by atoms with E-state index in [4.69, 9.17) is 4.74 Å². The summed E-state index contributed by atoms with van der Waals surface area (Å²) in [6.45, 7) is 6.75. The summed E-state index contributed by atoms with van der Waals surface area (Å²) in [5, 5.41) is 15.7. The molecule has 1 unspecified atom stereocenters. The Balaban J connectivity index is 2.37. The van der Waals surface area contributed by atoms with E-state index >= 15 is 0 Å². The van der Waals surface area contributed by atoms with Crippen LogP contribution in [0.1, 0.15) is 13.8 Å². The molecule has 0 bridgehead atoms. The third kappa shape index (κ3) is 4.46. The first kappa shape index (κ1) is 13.4. The van der Waals surface area contributed by atoms with Gasteiger partial charge in [0.15, 0.2) is 0 Å². The lowest BCUT2D eigenvalue weighted by Crippen LogP contribution is -2.20. The summed E-state index contributed by atoms with van der Waals surface area (Å²) in [5.74, 6) is 0.859. The third-order valence-electron chi connectivity index (χ3n) is 2.10. The van der Waals surface area contributed by atoms with Crippen molar-refractivity contribution >= 4 is 11.8 Å². The summed E-state index contributed by atoms with van der Waals surface area (Å²) >= 11 is 1.62. The maximum atomic E-state index is 5.18. The lowest BCUT2D eigenvalue weighted by atomic mass is 10.5. The van der Waals surface area contributed by atoms with Crippen LogP contribution in [-0.4, -0.2) is 52.3 Å². The highest BCUT2D eigenvalue weighted by Gasteiger charge is 2.08. The van der Waals surface area contributed by atoms with Crippen LogP contribution in [0.2, 0.25) is 0 Å². The highest BCUT2D eigenvalue weighted by Crippen LogP contribution is 2.15. The number of thioether (sulfide) groups is 1. The topological polar surface area (TPSA) is 64.9 Å². The van der Waals surface area contributed by atoms with Gasteiger partial charge >= 0.3 is 0 Å². The number of nitrogens with one attached hydrogen (secondary N) is 1. The number of hydrogen-bond donors (Lipinski definition) is 1. The van der Waals surface area contributed by atoms with Crippen LogP contribution in [0.25, 0.3) is 0 Å². The molecule has 0 spiro atoms. The Kier molecular flexibility index (Phi) is 6.36. The number of rotatable bonds is 8. The van der Waals surface area contributed by atoms with E-state index in [9.17, 15) is 0 Å². The molecular formula is C9H19N5OS. The average Bonchev–Trinajstić information content (AvgIpc) is 2.74. The summed E-state index contributed by atoms with van der Waals surface area (Å²) in [6.07, 6.45) is 0.212. The number of nitrogens with zero attached hydrogens (tertiary/aromatic N) is 4. The Hall–Kier alpha value is -0.660. The number of aromatic nitrogens is 4. The minimum atomic E-state index is 0.212. The molecular weight excluding hydrogens is 226 g/mol. The van der Waals surface area contributed by atoms with E-state index in [-0.39, 0.29) is 6.10 Å². The summed E-state index contributed by atoms with van der Waals surface area (Å²) in [4.78, 5) is 0. The fourth-order valence-electron chi connectivity index (χ4n) is 1.06. The van der Waals surface area contributed by atoms with Crippen LogP contribution >= 0.6 is 11.8 Å². The quantitative estimate of drug-likeness (QED) is 0.528. The lowest BCUT2D eigenvalue weighted by molar-refractivity contribution is 0.137. The largest absolute Gasteiger partial charge is 0.381 e. The molecule has 0 aliphatic carbocycles. The summed E-state index contributed by atoms with van der Waals surface area (Å²) in [7, 11) is 1.71. The van der Waals surface area contributed by atoms with Gasteiger partial charge in [0, 0.05) is 19.4 Å². The molecule has 1 aromatic heterocycles. The minimum absolute atomic E-state index is 0.212. The molecule has 0 radical (unpaired) electrons. The molecule has 16 heavy (non-hydrogen) atoms. The number of methoxy groups -OCH3 is 1. The zero-order chi connectivity index (χ0) is 11.8. The maximum Gasteiger partial charge on any atom is 0.209 e. The van der Waals surface area contributed by atoms with E-state index in [1.807, 2.05) is 11.6 Å². The van der Waals surface area contributed by atoms with Crippen molar-refractivity contribution in [3.05, 3.63) is 0 Å². The highest BCUT2D eigenvalue weighted by molar-refractivity contribution is 7.99. The molecule has 7 heteroatoms. The number of tetrazole rings is 1. The van der Waals surface area contributed by atoms with Gasteiger partial charge in [-0.15, -0.1) is 5.10 Å². The van der Waals surface area contributed by atoms with Gasteiger partial charge in [-0.1, -0.05) is 18.7 Å². The SMILES string of the molecule is CCNCCn1nnnc1SCC(C)OC. The Bertz CT molecular complexity index is 293. The van der Waals surface area contributed by atoms with Crippen LogP contribution in [0, 0.1) is 0 Å². The predicted molar refractivity (Wildman–Crippen MR) is 63.6 cm³/mol. The molecule has 0 saturated carbocycles. The van der Waals surface area contributed by atoms with Crippen LogP contribution in [0.3, 0.4) is 0 Å². The van der Waals surface area contributed by atoms with Crippen LogP contribution in [0.4, 0.5) is 0 Å². The Labute approximate surface area is 100 Å². The van der Waals surface area contributed by atoms with Gasteiger partial charge < -0.3 is 10.1 Å². The third-order valence-corrected chi connectivity index (χ3v) is 3.29. The van der Waals surface area contributed by atoms with Crippen molar-refractivity contribution in [3.8, 4) is 0 Å². The van der Waals surface area contributed by atoms with Crippen molar-refractivity contribution in [2.75, 3.05) is 26.0 Å². The number of ether oxygens (including phenoxy) is 1. The second-order valence-corrected chi connectivity index (χ2v) is 4.38. The molecule has 0 saturated heterocycles. The van der Waals surface area contributed by atoms with Crippen molar-refractivity contribution in [2.24, 2.45) is 0 Å². The van der Waals surface area contributed by atoms with E-state index < -0.39 is 0 Å². The average molecular weight is 245 g/mol. The molecule has 0 aliphatic heterocycles. The molecule has 0 amide bonds. The number of likely N-dealkylation sites (N-methyl/N-ethyl adjacent to an activating group) is 1. The van der Waals surface area contributed by atoms with Gasteiger partial charge in [-0.25, -0.2) is 4.68 Å². The second kappa shape index (κ2) is 7.59. The summed E-state index contributed by atoms with van der Waals surface area (Å²) in [6, 6.07) is 0. The van der Waals surface area contributed by atoms with E-state index in [1.54, 1.807) is 18.9 Å². The molecule has 1 heterocycles. The van der Waals surface area contributed by atoms with Crippen LogP contribution in [-0.2, 0) is 11.3 Å². The van der Waals surface area contributed by atoms with Gasteiger partial charge in [-0.05, 0) is 23.9 Å². The first-order valence-electron chi connectivity index (χ1n) is 5.40. The van der Waals surface area contributed by atoms with Gasteiger partial charge in [0.25, 0.3) is 0 Å². The van der Waals surface area contributed by atoms with Crippen molar-refractivity contribution in [2.45, 2.75) is 31.7 Å². The van der Waals surface area contributed by atoms with E-state index in [2.05, 4.69) is 27.8 Å². The molecule has 0 fully saturated rings. The maximum absolute atomic E-state index is 5.18. The van der Waals surface area contributed by atoms with Gasteiger partial charge in [-0.3, -0.25) is 0 Å². The molecule has 1 atom stereocenters. The van der Waals surface area contributed by atoms with Crippen LogP contribution < -0.4 is 5.32 Å². The van der Waals surface area contributed by atoms with Crippen molar-refractivity contribution in [1.29, 1.82) is 0 Å². The second-order valence-electron chi connectivity index (χ2n) is 3.40. The first-order valence-corrected chi connectivity index (χ1v) is 6.39. The van der Waals surface area contributed by atoms with Gasteiger partial charge in [0.2, 0.25) is 5.16 Å². The molecule has 0 aliphatic rings. The van der Waals surface area contributed by atoms with Gasteiger partial charge in [0.05, 0.1) is 12.6 Å². The monoisotopic (exact) mass is 245 g/mol. The molecule has 1 rings (SSSR count). The highest BCUT2D eigenvalue weighted by atomic mass is 32.2. The normalized spacial score (nSPS) is 12.9. The minimum Gasteiger partial charge on any atom is -0.381 e. The van der Waals surface area contributed by atoms with Crippen molar-refractivity contribution in [1.82, 2.24) is 25.5 Å². The Morgan fingerprint density at radius 1 is 1.56 bits per heavy atom. The van der Waals surface area contributed by atoms with Gasteiger partial charge in [-0.2, -0.15) is 0 Å². The van der Waals surface area contributed by atoms with Crippen LogP contribution in [0.15, 0.2) is 5.16 Å². The molecule has 1 N–H and O–H groups in total. The summed E-state index contributed by atoms with van der Waals surface area (Å²) < 4.78 is 6.99. The zero-order valence-electron chi connectivity index (χ0n) is 10.0. The Morgan fingerprint density at radius 3 is 3.06 bits per heavy atom. The van der Waals surface area contributed by atoms with E-state index in [1.165, 1.54) is 0 Å². The molecule has 6 nitrogen and oxygen atoms in total. The van der Waals surface area contributed by atoms with E-state index in [0.717, 1.165) is 30.5 Å². The van der Waals surface area contributed by atoms with Crippen molar-refractivity contribution < 1.29 is 4.74 Å². The first-order chi connectivity index (χ1) is 7.77. The fraction of sp³-hybridized carbons (Fsp3) is 0.889. The summed E-state index contributed by atoms with van der Waals surface area (Å²) in [5.41, 5.74) is 0. The molecule has 0 aromatic carbocycles. The molecule has 1 aromatic rings. The zero-order valence-corrected chi connectivity index (χ0v) is 10.8. The van der Waals surface area contributed by atoms with E-state index in [0.29, 0.717) is 0 Å². The standard InChI is InChI=1S/C9H19N5OS/c1-4-10-5-6-14-9(11-12-13-14)16-7-8(2)15-3/h8,10H,4-7H2,1-3H3. The Morgan fingerprint density at radius 2 is 2.38 bits per heavy atom. The predicted octanol–water partition coefficient (Wildman–Crippen LogP) is 0.410. The van der Waals surface area contributed by atoms with Gasteiger partial charge in [0.1, 0.15) is 0 Å². The fourth-order valence-corrected chi connectivity index (χ4v) is 1.95. The van der Waals surface area contributed by atoms with Crippen LogP contribution in [0.5, 0.6) is 0 Å². The molecule has 92 valence electrons.